The zero-order valence-corrected chi connectivity index (χ0v) is 13.7. The quantitative estimate of drug-likeness (QED) is 0.459. The maximum absolute atomic E-state index is 12.6. The number of anilines is 1. The fourth-order valence-electron chi connectivity index (χ4n) is 2.86. The molecule has 0 bridgehead atoms. The number of carbonyl (C=O) groups excluding carboxylic acids is 1. The van der Waals surface area contributed by atoms with Crippen LogP contribution in [0.15, 0.2) is 30.4 Å². The first-order chi connectivity index (χ1) is 10.9. The average Bonchev–Trinajstić information content (AvgIpc) is 3.05. The Morgan fingerprint density at radius 3 is 2.57 bits per heavy atom. The van der Waals surface area contributed by atoms with Crippen LogP contribution in [0.2, 0.25) is 0 Å². The van der Waals surface area contributed by atoms with Gasteiger partial charge in [-0.3, -0.25) is 14.9 Å². The summed E-state index contributed by atoms with van der Waals surface area (Å²) in [7, 11) is 0. The lowest BCUT2D eigenvalue weighted by molar-refractivity contribution is -0.384. The molecule has 0 atom stereocenters. The SMILES string of the molecule is C=C(C)CN(CC)C(=O)c1ccc(N2CCCC2)c([N+](=O)[O-])c1. The topological polar surface area (TPSA) is 66.7 Å². The van der Waals surface area contributed by atoms with Crippen molar-refractivity contribution in [1.29, 1.82) is 0 Å². The van der Waals surface area contributed by atoms with Gasteiger partial charge in [0.1, 0.15) is 5.69 Å². The molecule has 0 aliphatic carbocycles. The molecule has 0 unspecified atom stereocenters. The lowest BCUT2D eigenvalue weighted by Gasteiger charge is -2.22. The summed E-state index contributed by atoms with van der Waals surface area (Å²) in [6, 6.07) is 4.78. The highest BCUT2D eigenvalue weighted by Crippen LogP contribution is 2.32. The molecule has 2 rings (SSSR count). The number of hydrogen-bond donors (Lipinski definition) is 0. The third-order valence-electron chi connectivity index (χ3n) is 4.00. The standard InChI is InChI=1S/C17H23N3O3/c1-4-18(12-13(2)3)17(21)14-7-8-15(16(11-14)20(22)23)19-9-5-6-10-19/h7-8,11H,2,4-6,9-10,12H2,1,3H3. The van der Waals surface area contributed by atoms with Crippen LogP contribution in [-0.2, 0) is 0 Å². The van der Waals surface area contributed by atoms with Gasteiger partial charge in [-0.25, -0.2) is 0 Å². The third kappa shape index (κ3) is 3.88. The predicted molar refractivity (Wildman–Crippen MR) is 90.9 cm³/mol. The Kier molecular flexibility index (Phi) is 5.36. The van der Waals surface area contributed by atoms with E-state index in [0.717, 1.165) is 31.5 Å². The highest BCUT2D eigenvalue weighted by molar-refractivity contribution is 5.96. The molecule has 1 aliphatic rings. The second-order valence-corrected chi connectivity index (χ2v) is 5.93. The van der Waals surface area contributed by atoms with E-state index in [1.807, 2.05) is 18.7 Å². The Morgan fingerprint density at radius 2 is 2.04 bits per heavy atom. The summed E-state index contributed by atoms with van der Waals surface area (Å²) in [5.41, 5.74) is 1.84. The van der Waals surface area contributed by atoms with Crippen LogP contribution < -0.4 is 4.90 Å². The van der Waals surface area contributed by atoms with E-state index in [9.17, 15) is 14.9 Å². The molecule has 1 aromatic rings. The summed E-state index contributed by atoms with van der Waals surface area (Å²) in [5, 5.41) is 11.4. The summed E-state index contributed by atoms with van der Waals surface area (Å²) in [6.07, 6.45) is 2.08. The average molecular weight is 317 g/mol. The van der Waals surface area contributed by atoms with Crippen LogP contribution in [0.1, 0.15) is 37.0 Å². The van der Waals surface area contributed by atoms with Crippen LogP contribution in [-0.4, -0.2) is 41.9 Å². The van der Waals surface area contributed by atoms with Crippen molar-refractivity contribution in [2.24, 2.45) is 0 Å². The van der Waals surface area contributed by atoms with Crippen molar-refractivity contribution in [1.82, 2.24) is 4.90 Å². The Morgan fingerprint density at radius 1 is 1.39 bits per heavy atom. The predicted octanol–water partition coefficient (Wildman–Crippen LogP) is 3.23. The zero-order chi connectivity index (χ0) is 17.0. The molecule has 6 nitrogen and oxygen atoms in total. The number of nitrogens with zero attached hydrogens (tertiary/aromatic N) is 3. The molecule has 0 spiro atoms. The molecule has 1 saturated heterocycles. The van der Waals surface area contributed by atoms with Gasteiger partial charge in [0.15, 0.2) is 0 Å². The second-order valence-electron chi connectivity index (χ2n) is 5.93. The maximum Gasteiger partial charge on any atom is 0.293 e. The first-order valence-electron chi connectivity index (χ1n) is 7.91. The number of hydrogen-bond acceptors (Lipinski definition) is 4. The van der Waals surface area contributed by atoms with Gasteiger partial charge in [0.2, 0.25) is 0 Å². The van der Waals surface area contributed by atoms with Gasteiger partial charge in [-0.2, -0.15) is 0 Å². The van der Waals surface area contributed by atoms with Crippen LogP contribution in [0.25, 0.3) is 0 Å². The van der Waals surface area contributed by atoms with Crippen molar-refractivity contribution in [3.05, 3.63) is 46.0 Å². The number of benzene rings is 1. The van der Waals surface area contributed by atoms with Crippen molar-refractivity contribution < 1.29 is 9.72 Å². The molecule has 0 saturated carbocycles. The molecule has 1 fully saturated rings. The molecule has 1 aromatic carbocycles. The van der Waals surface area contributed by atoms with Crippen LogP contribution in [0.3, 0.4) is 0 Å². The lowest BCUT2D eigenvalue weighted by atomic mass is 10.1. The summed E-state index contributed by atoms with van der Waals surface area (Å²) >= 11 is 0. The summed E-state index contributed by atoms with van der Waals surface area (Å²) < 4.78 is 0. The minimum absolute atomic E-state index is 0.00382. The van der Waals surface area contributed by atoms with Crippen molar-refractivity contribution in [2.45, 2.75) is 26.7 Å². The van der Waals surface area contributed by atoms with E-state index in [1.165, 1.54) is 6.07 Å². The van der Waals surface area contributed by atoms with E-state index in [1.54, 1.807) is 17.0 Å². The molecule has 124 valence electrons. The zero-order valence-electron chi connectivity index (χ0n) is 13.7. The fraction of sp³-hybridized carbons (Fsp3) is 0.471. The first kappa shape index (κ1) is 17.0. The Balaban J connectivity index is 2.33. The highest BCUT2D eigenvalue weighted by Gasteiger charge is 2.25. The molecule has 0 N–H and O–H groups in total. The molecular weight excluding hydrogens is 294 g/mol. The number of carbonyl (C=O) groups is 1. The van der Waals surface area contributed by atoms with Crippen molar-refractivity contribution >= 4 is 17.3 Å². The van der Waals surface area contributed by atoms with E-state index >= 15 is 0 Å². The Hall–Kier alpha value is -2.37. The van der Waals surface area contributed by atoms with E-state index in [4.69, 9.17) is 0 Å². The van der Waals surface area contributed by atoms with Gasteiger partial charge in [0.25, 0.3) is 11.6 Å². The third-order valence-corrected chi connectivity index (χ3v) is 4.00. The summed E-state index contributed by atoms with van der Waals surface area (Å²) in [5.74, 6) is -0.202. The van der Waals surface area contributed by atoms with Gasteiger partial charge >= 0.3 is 0 Å². The summed E-state index contributed by atoms with van der Waals surface area (Å²) in [4.78, 5) is 27.2. The largest absolute Gasteiger partial charge is 0.366 e. The molecular formula is C17H23N3O3. The molecule has 1 heterocycles. The van der Waals surface area contributed by atoms with Crippen LogP contribution in [0.5, 0.6) is 0 Å². The van der Waals surface area contributed by atoms with Crippen LogP contribution in [0.4, 0.5) is 11.4 Å². The van der Waals surface area contributed by atoms with Gasteiger partial charge in [-0.1, -0.05) is 12.2 Å². The van der Waals surface area contributed by atoms with Gasteiger partial charge in [0, 0.05) is 37.8 Å². The lowest BCUT2D eigenvalue weighted by Crippen LogP contribution is -2.32. The van der Waals surface area contributed by atoms with E-state index in [0.29, 0.717) is 24.3 Å². The summed E-state index contributed by atoms with van der Waals surface area (Å²) in [6.45, 7) is 10.2. The normalized spacial score (nSPS) is 13.9. The van der Waals surface area contributed by atoms with E-state index in [2.05, 4.69) is 6.58 Å². The monoisotopic (exact) mass is 317 g/mol. The number of nitro benzene ring substituents is 1. The van der Waals surface area contributed by atoms with E-state index < -0.39 is 4.92 Å². The number of likely N-dealkylation sites (N-methyl/N-ethyl adjacent to an activating group) is 1. The van der Waals surface area contributed by atoms with Crippen LogP contribution in [0, 0.1) is 10.1 Å². The van der Waals surface area contributed by atoms with Crippen molar-refractivity contribution in [3.8, 4) is 0 Å². The van der Waals surface area contributed by atoms with Gasteiger partial charge in [0.05, 0.1) is 4.92 Å². The molecule has 0 aromatic heterocycles. The minimum Gasteiger partial charge on any atom is -0.366 e. The minimum atomic E-state index is -0.403. The molecule has 23 heavy (non-hydrogen) atoms. The number of nitro groups is 1. The van der Waals surface area contributed by atoms with Crippen molar-refractivity contribution in [3.63, 3.8) is 0 Å². The first-order valence-corrected chi connectivity index (χ1v) is 7.91. The fourth-order valence-corrected chi connectivity index (χ4v) is 2.86. The van der Waals surface area contributed by atoms with Gasteiger partial charge in [-0.05, 0) is 38.8 Å². The molecule has 6 heteroatoms. The highest BCUT2D eigenvalue weighted by atomic mass is 16.6. The molecule has 1 amide bonds. The van der Waals surface area contributed by atoms with Gasteiger partial charge in [-0.15, -0.1) is 0 Å². The number of amides is 1. The van der Waals surface area contributed by atoms with Crippen LogP contribution >= 0.6 is 0 Å². The molecule has 1 aliphatic heterocycles. The second kappa shape index (κ2) is 7.26. The molecule has 0 radical (unpaired) electrons. The van der Waals surface area contributed by atoms with Crippen molar-refractivity contribution in [2.75, 3.05) is 31.1 Å². The van der Waals surface area contributed by atoms with E-state index in [-0.39, 0.29) is 11.6 Å². The van der Waals surface area contributed by atoms with Gasteiger partial charge < -0.3 is 9.80 Å². The maximum atomic E-state index is 12.6. The number of rotatable bonds is 6. The smallest absolute Gasteiger partial charge is 0.293 e. The Labute approximate surface area is 136 Å². The Bertz CT molecular complexity index is 622.